The lowest BCUT2D eigenvalue weighted by atomic mass is 9.82. The zero-order valence-electron chi connectivity index (χ0n) is 8.78. The van der Waals surface area contributed by atoms with Crippen molar-refractivity contribution in [2.75, 3.05) is 26.2 Å². The van der Waals surface area contributed by atoms with Crippen molar-refractivity contribution in [2.45, 2.75) is 25.3 Å². The van der Waals surface area contributed by atoms with Gasteiger partial charge in [0.1, 0.15) is 0 Å². The van der Waals surface area contributed by atoms with Crippen molar-refractivity contribution in [3.05, 3.63) is 0 Å². The number of fused-ring (bicyclic) bond motifs is 5. The minimum Gasteiger partial charge on any atom is -0.314 e. The summed E-state index contributed by atoms with van der Waals surface area (Å²) in [5, 5.41) is 3.40. The summed E-state index contributed by atoms with van der Waals surface area (Å²) >= 11 is 0. The van der Waals surface area contributed by atoms with Crippen LogP contribution in [0, 0.1) is 23.7 Å². The van der Waals surface area contributed by atoms with Gasteiger partial charge >= 0.3 is 0 Å². The molecule has 2 heteroatoms. The van der Waals surface area contributed by atoms with Crippen molar-refractivity contribution in [1.29, 1.82) is 0 Å². The third kappa shape index (κ3) is 0.938. The van der Waals surface area contributed by atoms with Gasteiger partial charge in [-0.1, -0.05) is 0 Å². The molecule has 2 saturated carbocycles. The van der Waals surface area contributed by atoms with Gasteiger partial charge in [0.2, 0.25) is 0 Å². The van der Waals surface area contributed by atoms with Crippen molar-refractivity contribution >= 4 is 0 Å². The lowest BCUT2D eigenvalue weighted by Crippen LogP contribution is -2.56. The van der Waals surface area contributed by atoms with E-state index in [4.69, 9.17) is 0 Å². The van der Waals surface area contributed by atoms with Crippen LogP contribution in [0.2, 0.25) is 0 Å². The Morgan fingerprint density at radius 1 is 0.929 bits per heavy atom. The number of likely N-dealkylation sites (tertiary alicyclic amines) is 1. The van der Waals surface area contributed by atoms with Crippen LogP contribution >= 0.6 is 0 Å². The van der Waals surface area contributed by atoms with Gasteiger partial charge in [-0.3, -0.25) is 4.90 Å². The van der Waals surface area contributed by atoms with E-state index in [9.17, 15) is 0 Å². The molecule has 1 N–H and O–H groups in total. The maximum Gasteiger partial charge on any atom is 0.0345 e. The van der Waals surface area contributed by atoms with E-state index in [-0.39, 0.29) is 0 Å². The fourth-order valence-electron chi connectivity index (χ4n) is 4.54. The first-order valence-electron chi connectivity index (χ1n) is 6.36. The Labute approximate surface area is 86.0 Å². The summed E-state index contributed by atoms with van der Waals surface area (Å²) in [6.07, 6.45) is 4.71. The molecule has 0 radical (unpaired) electrons. The second kappa shape index (κ2) is 2.73. The average Bonchev–Trinajstić information content (AvgIpc) is 2.67. The number of hydrogen-bond acceptors (Lipinski definition) is 2. The molecule has 0 amide bonds. The summed E-state index contributed by atoms with van der Waals surface area (Å²) < 4.78 is 0. The molecule has 2 aliphatic carbocycles. The summed E-state index contributed by atoms with van der Waals surface area (Å²) in [7, 11) is 0. The highest BCUT2D eigenvalue weighted by molar-refractivity contribution is 5.04. The van der Waals surface area contributed by atoms with Gasteiger partial charge in [0.05, 0.1) is 0 Å². The zero-order valence-corrected chi connectivity index (χ0v) is 8.78. The highest BCUT2D eigenvalue weighted by Gasteiger charge is 2.52. The first-order valence-corrected chi connectivity index (χ1v) is 6.36. The lowest BCUT2D eigenvalue weighted by molar-refractivity contribution is 0.162. The van der Waals surface area contributed by atoms with Crippen LogP contribution in [0.3, 0.4) is 0 Å². The van der Waals surface area contributed by atoms with Crippen LogP contribution in [0.5, 0.6) is 0 Å². The molecule has 4 fully saturated rings. The van der Waals surface area contributed by atoms with Gasteiger partial charge in [0, 0.05) is 32.2 Å². The van der Waals surface area contributed by atoms with Gasteiger partial charge < -0.3 is 5.32 Å². The van der Waals surface area contributed by atoms with Crippen molar-refractivity contribution in [3.63, 3.8) is 0 Å². The van der Waals surface area contributed by atoms with Crippen LogP contribution in [0.15, 0.2) is 0 Å². The minimum absolute atomic E-state index is 0.903. The van der Waals surface area contributed by atoms with E-state index >= 15 is 0 Å². The van der Waals surface area contributed by atoms with Crippen LogP contribution in [0.1, 0.15) is 19.3 Å². The van der Waals surface area contributed by atoms with E-state index in [0.29, 0.717) is 0 Å². The standard InChI is InChI=1S/C12H20N2/c1-2-9-3-8(1)11-6-14(7-12(9)11)10-4-13-5-10/h8-13H,1-7H2. The molecule has 4 atom stereocenters. The van der Waals surface area contributed by atoms with Gasteiger partial charge in [-0.25, -0.2) is 0 Å². The topological polar surface area (TPSA) is 15.3 Å². The molecule has 78 valence electrons. The largest absolute Gasteiger partial charge is 0.314 e. The zero-order chi connectivity index (χ0) is 9.12. The Morgan fingerprint density at radius 2 is 1.57 bits per heavy atom. The molecular weight excluding hydrogens is 172 g/mol. The minimum atomic E-state index is 0.903. The molecular formula is C12H20N2. The number of rotatable bonds is 1. The maximum absolute atomic E-state index is 3.40. The fourth-order valence-corrected chi connectivity index (χ4v) is 4.54. The average molecular weight is 192 g/mol. The highest BCUT2D eigenvalue weighted by Crippen LogP contribution is 2.55. The van der Waals surface area contributed by atoms with E-state index in [1.807, 2.05) is 0 Å². The molecule has 4 unspecified atom stereocenters. The smallest absolute Gasteiger partial charge is 0.0345 e. The van der Waals surface area contributed by atoms with E-state index in [0.717, 1.165) is 29.7 Å². The lowest BCUT2D eigenvalue weighted by Gasteiger charge is -2.36. The molecule has 0 spiro atoms. The fraction of sp³-hybridized carbons (Fsp3) is 1.00. The van der Waals surface area contributed by atoms with E-state index < -0.39 is 0 Å². The van der Waals surface area contributed by atoms with E-state index in [1.54, 1.807) is 19.3 Å². The SMILES string of the molecule is C1CC2CC1C1CN(C3CNC3)CC21. The van der Waals surface area contributed by atoms with Gasteiger partial charge in [-0.2, -0.15) is 0 Å². The van der Waals surface area contributed by atoms with Gasteiger partial charge in [-0.15, -0.1) is 0 Å². The van der Waals surface area contributed by atoms with Crippen molar-refractivity contribution in [3.8, 4) is 0 Å². The molecule has 2 saturated heterocycles. The highest BCUT2D eigenvalue weighted by atomic mass is 15.3. The summed E-state index contributed by atoms with van der Waals surface area (Å²) in [5.74, 6) is 4.47. The Kier molecular flexibility index (Phi) is 1.58. The third-order valence-corrected chi connectivity index (χ3v) is 5.44. The van der Waals surface area contributed by atoms with Crippen LogP contribution in [0.4, 0.5) is 0 Å². The number of hydrogen-bond donors (Lipinski definition) is 1. The quantitative estimate of drug-likeness (QED) is 0.665. The normalized spacial score (nSPS) is 52.3. The number of nitrogens with one attached hydrogen (secondary N) is 1. The predicted octanol–water partition coefficient (Wildman–Crippen LogP) is 0.936. The van der Waals surface area contributed by atoms with Gasteiger partial charge in [0.15, 0.2) is 0 Å². The van der Waals surface area contributed by atoms with Crippen LogP contribution in [-0.4, -0.2) is 37.1 Å². The Hall–Kier alpha value is -0.0800. The molecule has 0 aromatic heterocycles. The monoisotopic (exact) mass is 192 g/mol. The molecule has 2 nitrogen and oxygen atoms in total. The van der Waals surface area contributed by atoms with Gasteiger partial charge in [-0.05, 0) is 42.9 Å². The molecule has 2 aliphatic heterocycles. The molecule has 14 heavy (non-hydrogen) atoms. The van der Waals surface area contributed by atoms with Crippen molar-refractivity contribution in [1.82, 2.24) is 10.2 Å². The van der Waals surface area contributed by atoms with Crippen molar-refractivity contribution in [2.24, 2.45) is 23.7 Å². The summed E-state index contributed by atoms with van der Waals surface area (Å²) in [6, 6.07) is 0.903. The maximum atomic E-state index is 3.40. The molecule has 2 heterocycles. The molecule has 2 bridgehead atoms. The summed E-state index contributed by atoms with van der Waals surface area (Å²) in [6.45, 7) is 5.40. The predicted molar refractivity (Wildman–Crippen MR) is 56.0 cm³/mol. The Balaban J connectivity index is 1.52. The molecule has 4 aliphatic rings. The van der Waals surface area contributed by atoms with E-state index in [1.165, 1.54) is 26.2 Å². The first kappa shape index (κ1) is 8.12. The van der Waals surface area contributed by atoms with E-state index in [2.05, 4.69) is 10.2 Å². The second-order valence-electron chi connectivity index (χ2n) is 5.93. The molecule has 4 rings (SSSR count). The first-order chi connectivity index (χ1) is 6.92. The summed E-state index contributed by atoms with van der Waals surface area (Å²) in [4.78, 5) is 2.79. The van der Waals surface area contributed by atoms with Crippen molar-refractivity contribution < 1.29 is 0 Å². The van der Waals surface area contributed by atoms with Crippen LogP contribution in [-0.2, 0) is 0 Å². The number of nitrogens with zero attached hydrogens (tertiary/aromatic N) is 1. The van der Waals surface area contributed by atoms with Crippen LogP contribution < -0.4 is 5.32 Å². The molecule has 0 aromatic rings. The molecule has 0 aromatic carbocycles. The second-order valence-corrected chi connectivity index (χ2v) is 5.93. The van der Waals surface area contributed by atoms with Gasteiger partial charge in [0.25, 0.3) is 0 Å². The third-order valence-electron chi connectivity index (χ3n) is 5.44. The Bertz CT molecular complexity index is 231. The van der Waals surface area contributed by atoms with Crippen LogP contribution in [0.25, 0.3) is 0 Å². The Morgan fingerprint density at radius 3 is 2.07 bits per heavy atom. The summed E-state index contributed by atoms with van der Waals surface area (Å²) in [5.41, 5.74) is 0.